The molecule has 0 N–H and O–H groups in total. The number of hydrogen-bond acceptors (Lipinski definition) is 6. The molecular formula is C17H23N3O4S. The van der Waals surface area contributed by atoms with Crippen molar-refractivity contribution >= 4 is 10.0 Å². The molecule has 0 radical (unpaired) electrons. The Morgan fingerprint density at radius 1 is 1.32 bits per heavy atom. The van der Waals surface area contributed by atoms with Gasteiger partial charge in [-0.05, 0) is 38.3 Å². The van der Waals surface area contributed by atoms with Gasteiger partial charge in [-0.25, -0.2) is 8.42 Å². The van der Waals surface area contributed by atoms with Crippen LogP contribution in [0, 0.1) is 6.92 Å². The van der Waals surface area contributed by atoms with Gasteiger partial charge in [-0.2, -0.15) is 9.29 Å². The van der Waals surface area contributed by atoms with Gasteiger partial charge in [-0.3, -0.25) is 0 Å². The number of aryl methyl sites for hydroxylation is 1. The van der Waals surface area contributed by atoms with E-state index in [1.54, 1.807) is 0 Å². The second-order valence-corrected chi connectivity index (χ2v) is 8.27. The van der Waals surface area contributed by atoms with E-state index in [1.165, 1.54) is 4.31 Å². The molecule has 136 valence electrons. The third-order valence-corrected chi connectivity index (χ3v) is 6.26. The Morgan fingerprint density at radius 3 is 2.80 bits per heavy atom. The highest BCUT2D eigenvalue weighted by atomic mass is 32.2. The molecule has 3 rings (SSSR count). The third kappa shape index (κ3) is 4.19. The van der Waals surface area contributed by atoms with Gasteiger partial charge in [0.15, 0.2) is 12.4 Å². The summed E-state index contributed by atoms with van der Waals surface area (Å²) in [4.78, 5) is 4.34. The molecule has 1 aromatic carbocycles. The van der Waals surface area contributed by atoms with E-state index in [4.69, 9.17) is 9.26 Å². The molecule has 0 bridgehead atoms. The third-order valence-electron chi connectivity index (χ3n) is 4.19. The molecule has 2 aromatic rings. The molecule has 1 aliphatic heterocycles. The van der Waals surface area contributed by atoms with E-state index in [2.05, 4.69) is 10.1 Å². The van der Waals surface area contributed by atoms with Crippen molar-refractivity contribution in [3.05, 3.63) is 41.5 Å². The molecule has 0 aliphatic carbocycles. The number of sulfonamides is 1. The summed E-state index contributed by atoms with van der Waals surface area (Å²) in [7, 11) is -3.28. The molecule has 7 nitrogen and oxygen atoms in total. The molecule has 1 aliphatic rings. The summed E-state index contributed by atoms with van der Waals surface area (Å²) < 4.78 is 37.1. The topological polar surface area (TPSA) is 85.5 Å². The van der Waals surface area contributed by atoms with Crippen molar-refractivity contribution in [1.82, 2.24) is 14.4 Å². The normalized spacial score (nSPS) is 18.6. The van der Waals surface area contributed by atoms with Crippen molar-refractivity contribution < 1.29 is 17.7 Å². The van der Waals surface area contributed by atoms with Crippen molar-refractivity contribution in [3.8, 4) is 5.75 Å². The van der Waals surface area contributed by atoms with Gasteiger partial charge in [0.2, 0.25) is 10.0 Å². The highest BCUT2D eigenvalue weighted by Crippen LogP contribution is 2.33. The van der Waals surface area contributed by atoms with Crippen LogP contribution >= 0.6 is 0 Å². The SMILES string of the molecule is CCCS(=O)(=O)N1CCCC1c1noc(COc2ccc(C)cc2)n1. The fourth-order valence-corrected chi connectivity index (χ4v) is 4.69. The summed E-state index contributed by atoms with van der Waals surface area (Å²) in [6.07, 6.45) is 2.10. The maximum atomic E-state index is 12.4. The molecule has 1 fully saturated rings. The van der Waals surface area contributed by atoms with Crippen LogP contribution in [0.15, 0.2) is 28.8 Å². The van der Waals surface area contributed by atoms with E-state index in [9.17, 15) is 8.42 Å². The second kappa shape index (κ2) is 7.53. The van der Waals surface area contributed by atoms with Crippen LogP contribution in [-0.4, -0.2) is 35.2 Å². The minimum atomic E-state index is -3.28. The zero-order valence-corrected chi connectivity index (χ0v) is 15.3. The second-order valence-electron chi connectivity index (χ2n) is 6.23. The van der Waals surface area contributed by atoms with Gasteiger partial charge in [-0.15, -0.1) is 0 Å². The van der Waals surface area contributed by atoms with Crippen LogP contribution in [0.3, 0.4) is 0 Å². The van der Waals surface area contributed by atoms with E-state index < -0.39 is 10.0 Å². The average molecular weight is 365 g/mol. The van der Waals surface area contributed by atoms with Crippen LogP contribution in [0.2, 0.25) is 0 Å². The Labute approximate surface area is 148 Å². The van der Waals surface area contributed by atoms with Gasteiger partial charge in [0.25, 0.3) is 5.89 Å². The Bertz CT molecular complexity index is 802. The van der Waals surface area contributed by atoms with Crippen molar-refractivity contribution in [1.29, 1.82) is 0 Å². The zero-order chi connectivity index (χ0) is 17.9. The number of benzene rings is 1. The standard InChI is InChI=1S/C17H23N3O4S/c1-3-11-25(21,22)20-10-4-5-15(20)17-18-16(24-19-17)12-23-14-8-6-13(2)7-9-14/h6-9,15H,3-5,10-12H2,1-2H3. The smallest absolute Gasteiger partial charge is 0.264 e. The monoisotopic (exact) mass is 365 g/mol. The molecule has 1 unspecified atom stereocenters. The van der Waals surface area contributed by atoms with Gasteiger partial charge >= 0.3 is 0 Å². The van der Waals surface area contributed by atoms with E-state index in [0.717, 1.165) is 17.7 Å². The Morgan fingerprint density at radius 2 is 2.08 bits per heavy atom. The summed E-state index contributed by atoms with van der Waals surface area (Å²) in [5, 5.41) is 3.98. The quantitative estimate of drug-likeness (QED) is 0.750. The first-order valence-corrected chi connectivity index (χ1v) is 10.1. The predicted octanol–water partition coefficient (Wildman–Crippen LogP) is 2.83. The van der Waals surface area contributed by atoms with Gasteiger partial charge in [0.1, 0.15) is 5.75 Å². The number of hydrogen-bond donors (Lipinski definition) is 0. The van der Waals surface area contributed by atoms with Crippen molar-refractivity contribution in [2.45, 2.75) is 45.8 Å². The lowest BCUT2D eigenvalue weighted by molar-refractivity contribution is 0.241. The molecular weight excluding hydrogens is 342 g/mol. The van der Waals surface area contributed by atoms with Crippen LogP contribution in [0.4, 0.5) is 0 Å². The lowest BCUT2D eigenvalue weighted by Gasteiger charge is -2.21. The average Bonchev–Trinajstić information content (AvgIpc) is 3.23. The molecule has 1 atom stereocenters. The number of nitrogens with zero attached hydrogens (tertiary/aromatic N) is 3. The summed E-state index contributed by atoms with van der Waals surface area (Å²) in [6.45, 7) is 4.53. The van der Waals surface area contributed by atoms with Gasteiger partial charge in [0.05, 0.1) is 11.8 Å². The number of ether oxygens (including phenoxy) is 1. The molecule has 2 heterocycles. The Balaban J connectivity index is 1.67. The highest BCUT2D eigenvalue weighted by Gasteiger charge is 2.37. The minimum absolute atomic E-state index is 0.144. The Kier molecular flexibility index (Phi) is 5.39. The zero-order valence-electron chi connectivity index (χ0n) is 14.5. The summed E-state index contributed by atoms with van der Waals surface area (Å²) in [6, 6.07) is 7.34. The highest BCUT2D eigenvalue weighted by molar-refractivity contribution is 7.89. The summed E-state index contributed by atoms with van der Waals surface area (Å²) in [5.74, 6) is 1.62. The van der Waals surface area contributed by atoms with Crippen molar-refractivity contribution in [2.24, 2.45) is 0 Å². The fourth-order valence-electron chi connectivity index (χ4n) is 2.95. The van der Waals surface area contributed by atoms with Gasteiger partial charge in [-0.1, -0.05) is 29.8 Å². The lowest BCUT2D eigenvalue weighted by Crippen LogP contribution is -2.33. The first-order chi connectivity index (χ1) is 12.0. The van der Waals surface area contributed by atoms with Crippen LogP contribution in [-0.2, 0) is 16.6 Å². The van der Waals surface area contributed by atoms with E-state index in [0.29, 0.717) is 31.1 Å². The molecule has 0 spiro atoms. The molecule has 1 aromatic heterocycles. The van der Waals surface area contributed by atoms with Crippen molar-refractivity contribution in [3.63, 3.8) is 0 Å². The van der Waals surface area contributed by atoms with E-state index >= 15 is 0 Å². The van der Waals surface area contributed by atoms with Crippen LogP contribution < -0.4 is 4.74 Å². The van der Waals surface area contributed by atoms with Crippen molar-refractivity contribution in [2.75, 3.05) is 12.3 Å². The van der Waals surface area contributed by atoms with E-state index in [-0.39, 0.29) is 18.4 Å². The molecule has 1 saturated heterocycles. The first-order valence-electron chi connectivity index (χ1n) is 8.51. The molecule has 25 heavy (non-hydrogen) atoms. The van der Waals surface area contributed by atoms with Gasteiger partial charge < -0.3 is 9.26 Å². The predicted molar refractivity (Wildman–Crippen MR) is 92.6 cm³/mol. The first kappa shape index (κ1) is 17.9. The largest absolute Gasteiger partial charge is 0.484 e. The van der Waals surface area contributed by atoms with Crippen LogP contribution in [0.1, 0.15) is 49.5 Å². The maximum Gasteiger partial charge on any atom is 0.264 e. The Hall–Kier alpha value is -1.93. The summed E-state index contributed by atoms with van der Waals surface area (Å²) >= 11 is 0. The molecule has 0 amide bonds. The number of aromatic nitrogens is 2. The number of rotatable bonds is 7. The maximum absolute atomic E-state index is 12.4. The lowest BCUT2D eigenvalue weighted by atomic mass is 10.2. The fraction of sp³-hybridized carbons (Fsp3) is 0.529. The molecule has 8 heteroatoms. The van der Waals surface area contributed by atoms with Crippen LogP contribution in [0.5, 0.6) is 5.75 Å². The van der Waals surface area contributed by atoms with Gasteiger partial charge in [0, 0.05) is 6.54 Å². The van der Waals surface area contributed by atoms with Crippen LogP contribution in [0.25, 0.3) is 0 Å². The summed E-state index contributed by atoms with van der Waals surface area (Å²) in [5.41, 5.74) is 1.15. The van der Waals surface area contributed by atoms with E-state index in [1.807, 2.05) is 38.1 Å². The minimum Gasteiger partial charge on any atom is -0.484 e. The molecule has 0 saturated carbocycles.